The highest BCUT2D eigenvalue weighted by molar-refractivity contribution is 6.30. The highest BCUT2D eigenvalue weighted by Crippen LogP contribution is 2.31. The quantitative estimate of drug-likeness (QED) is 0.480. The molecule has 0 N–H and O–H groups in total. The second-order valence-electron chi connectivity index (χ2n) is 7.28. The van der Waals surface area contributed by atoms with Crippen LogP contribution in [0.15, 0.2) is 48.5 Å². The van der Waals surface area contributed by atoms with E-state index in [-0.39, 0.29) is 12.4 Å². The Morgan fingerprint density at radius 2 is 1.79 bits per heavy atom. The van der Waals surface area contributed by atoms with Gasteiger partial charge in [0.05, 0.1) is 5.52 Å². The van der Waals surface area contributed by atoms with Crippen LogP contribution in [-0.4, -0.2) is 18.1 Å². The van der Waals surface area contributed by atoms with Crippen molar-refractivity contribution in [3.63, 3.8) is 0 Å². The highest BCUT2D eigenvalue weighted by atomic mass is 35.5. The number of hydrogen-bond acceptors (Lipinski definition) is 3. The molecule has 0 radical (unpaired) electrons. The molecule has 1 saturated heterocycles. The SMILES string of the molecule is Cc1cc(N2CCCCCC2)c2ccc(OCc3cccc(Cl)c3)cc2n1.Cl. The van der Waals surface area contributed by atoms with E-state index >= 15 is 0 Å². The van der Waals surface area contributed by atoms with Crippen molar-refractivity contribution in [2.75, 3.05) is 18.0 Å². The lowest BCUT2D eigenvalue weighted by Crippen LogP contribution is -2.24. The van der Waals surface area contributed by atoms with Gasteiger partial charge in [-0.15, -0.1) is 12.4 Å². The number of halogens is 2. The average Bonchev–Trinajstić information content (AvgIpc) is 2.95. The third kappa shape index (κ3) is 4.89. The van der Waals surface area contributed by atoms with Gasteiger partial charge in [0.25, 0.3) is 0 Å². The Hall–Kier alpha value is -1.97. The van der Waals surface area contributed by atoms with Crippen molar-refractivity contribution in [3.05, 3.63) is 64.8 Å². The van der Waals surface area contributed by atoms with Crippen LogP contribution in [0.2, 0.25) is 5.02 Å². The maximum Gasteiger partial charge on any atom is 0.122 e. The third-order valence-corrected chi connectivity index (χ3v) is 5.36. The van der Waals surface area contributed by atoms with Gasteiger partial charge >= 0.3 is 0 Å². The molecule has 0 saturated carbocycles. The first-order valence-electron chi connectivity index (χ1n) is 9.73. The minimum Gasteiger partial charge on any atom is -0.489 e. The fraction of sp³-hybridized carbons (Fsp3) is 0.348. The molecule has 2 heterocycles. The molecule has 148 valence electrons. The summed E-state index contributed by atoms with van der Waals surface area (Å²) in [7, 11) is 0. The van der Waals surface area contributed by atoms with E-state index in [0.717, 1.165) is 40.6 Å². The zero-order chi connectivity index (χ0) is 18.6. The van der Waals surface area contributed by atoms with E-state index in [0.29, 0.717) is 6.61 Å². The Bertz CT molecular complexity index is 937. The third-order valence-electron chi connectivity index (χ3n) is 5.13. The molecule has 5 heteroatoms. The Kier molecular flexibility index (Phi) is 7.03. The summed E-state index contributed by atoms with van der Waals surface area (Å²) in [5.41, 5.74) is 4.41. The zero-order valence-electron chi connectivity index (χ0n) is 16.2. The van der Waals surface area contributed by atoms with Crippen LogP contribution in [0.1, 0.15) is 36.9 Å². The monoisotopic (exact) mass is 416 g/mol. The second kappa shape index (κ2) is 9.49. The van der Waals surface area contributed by atoms with Crippen molar-refractivity contribution in [3.8, 4) is 5.75 Å². The van der Waals surface area contributed by atoms with E-state index in [9.17, 15) is 0 Å². The van der Waals surface area contributed by atoms with Gasteiger partial charge < -0.3 is 9.64 Å². The second-order valence-corrected chi connectivity index (χ2v) is 7.72. The lowest BCUT2D eigenvalue weighted by atomic mass is 10.1. The molecule has 0 spiro atoms. The number of aryl methyl sites for hydroxylation is 1. The van der Waals surface area contributed by atoms with Gasteiger partial charge in [-0.05, 0) is 55.7 Å². The zero-order valence-corrected chi connectivity index (χ0v) is 17.7. The van der Waals surface area contributed by atoms with Crippen LogP contribution in [-0.2, 0) is 6.61 Å². The number of benzene rings is 2. The van der Waals surface area contributed by atoms with E-state index < -0.39 is 0 Å². The highest BCUT2D eigenvalue weighted by Gasteiger charge is 2.14. The number of nitrogens with zero attached hydrogens (tertiary/aromatic N) is 2. The first-order chi connectivity index (χ1) is 13.2. The number of pyridine rings is 1. The van der Waals surface area contributed by atoms with E-state index in [1.54, 1.807) is 0 Å². The number of ether oxygens (including phenoxy) is 1. The molecule has 1 fully saturated rings. The molecular formula is C23H26Cl2N2O. The Morgan fingerprint density at radius 3 is 2.54 bits per heavy atom. The maximum absolute atomic E-state index is 6.05. The molecule has 0 bridgehead atoms. The minimum atomic E-state index is 0. The van der Waals surface area contributed by atoms with Crippen LogP contribution >= 0.6 is 24.0 Å². The largest absolute Gasteiger partial charge is 0.489 e. The fourth-order valence-electron chi connectivity index (χ4n) is 3.77. The number of hydrogen-bond donors (Lipinski definition) is 0. The van der Waals surface area contributed by atoms with Crippen molar-refractivity contribution in [1.82, 2.24) is 4.98 Å². The molecule has 4 rings (SSSR count). The summed E-state index contributed by atoms with van der Waals surface area (Å²) in [4.78, 5) is 7.28. The maximum atomic E-state index is 6.05. The molecule has 2 aromatic carbocycles. The summed E-state index contributed by atoms with van der Waals surface area (Å²) in [6, 6.07) is 16.2. The van der Waals surface area contributed by atoms with Gasteiger partial charge in [0, 0.05) is 40.9 Å². The summed E-state index contributed by atoms with van der Waals surface area (Å²) in [5.74, 6) is 0.836. The van der Waals surface area contributed by atoms with Gasteiger partial charge in [0.2, 0.25) is 0 Å². The predicted octanol–water partition coefficient (Wildman–Crippen LogP) is 6.58. The Morgan fingerprint density at radius 1 is 1.00 bits per heavy atom. The van der Waals surface area contributed by atoms with Crippen molar-refractivity contribution in [2.45, 2.75) is 39.2 Å². The molecule has 0 amide bonds. The van der Waals surface area contributed by atoms with E-state index in [1.807, 2.05) is 36.4 Å². The Balaban J connectivity index is 0.00000225. The van der Waals surface area contributed by atoms with Gasteiger partial charge in [-0.25, -0.2) is 0 Å². The molecule has 3 aromatic rings. The molecule has 0 aliphatic carbocycles. The van der Waals surface area contributed by atoms with Crippen molar-refractivity contribution < 1.29 is 4.74 Å². The molecule has 1 aliphatic rings. The molecule has 1 aliphatic heterocycles. The number of anilines is 1. The summed E-state index contributed by atoms with van der Waals surface area (Å²) in [6.07, 6.45) is 5.20. The van der Waals surface area contributed by atoms with E-state index in [2.05, 4.69) is 24.0 Å². The summed E-state index contributed by atoms with van der Waals surface area (Å²) < 4.78 is 5.99. The minimum absolute atomic E-state index is 0. The number of aromatic nitrogens is 1. The van der Waals surface area contributed by atoms with Crippen molar-refractivity contribution >= 4 is 40.6 Å². The fourth-order valence-corrected chi connectivity index (χ4v) is 3.99. The van der Waals surface area contributed by atoms with Crippen LogP contribution in [0.4, 0.5) is 5.69 Å². The smallest absolute Gasteiger partial charge is 0.122 e. The summed E-state index contributed by atoms with van der Waals surface area (Å²) in [6.45, 7) is 4.83. The van der Waals surface area contributed by atoms with Crippen LogP contribution in [0.5, 0.6) is 5.75 Å². The molecule has 0 atom stereocenters. The van der Waals surface area contributed by atoms with Crippen molar-refractivity contribution in [1.29, 1.82) is 0 Å². The predicted molar refractivity (Wildman–Crippen MR) is 120 cm³/mol. The van der Waals surface area contributed by atoms with E-state index in [1.165, 1.54) is 36.8 Å². The first kappa shape index (κ1) is 20.8. The lowest BCUT2D eigenvalue weighted by Gasteiger charge is -2.24. The first-order valence-corrected chi connectivity index (χ1v) is 10.1. The Labute approximate surface area is 178 Å². The van der Waals surface area contributed by atoms with Gasteiger partial charge in [-0.3, -0.25) is 4.98 Å². The van der Waals surface area contributed by atoms with Crippen LogP contribution in [0, 0.1) is 6.92 Å². The van der Waals surface area contributed by atoms with Gasteiger partial charge in [0.15, 0.2) is 0 Å². The van der Waals surface area contributed by atoms with Crippen LogP contribution in [0.25, 0.3) is 10.9 Å². The van der Waals surface area contributed by atoms with Crippen LogP contribution < -0.4 is 9.64 Å². The normalized spacial score (nSPS) is 14.4. The van der Waals surface area contributed by atoms with Gasteiger partial charge in [-0.1, -0.05) is 36.6 Å². The molecule has 0 unspecified atom stereocenters. The van der Waals surface area contributed by atoms with Gasteiger partial charge in [-0.2, -0.15) is 0 Å². The molecule has 3 nitrogen and oxygen atoms in total. The van der Waals surface area contributed by atoms with Crippen LogP contribution in [0.3, 0.4) is 0 Å². The van der Waals surface area contributed by atoms with Crippen molar-refractivity contribution in [2.24, 2.45) is 0 Å². The van der Waals surface area contributed by atoms with E-state index in [4.69, 9.17) is 21.3 Å². The molecule has 1 aromatic heterocycles. The molecular weight excluding hydrogens is 391 g/mol. The lowest BCUT2D eigenvalue weighted by molar-refractivity contribution is 0.306. The number of fused-ring (bicyclic) bond motifs is 1. The summed E-state index contributed by atoms with van der Waals surface area (Å²) >= 11 is 6.05. The summed E-state index contributed by atoms with van der Waals surface area (Å²) in [5, 5.41) is 1.94. The van der Waals surface area contributed by atoms with Gasteiger partial charge in [0.1, 0.15) is 12.4 Å². The topological polar surface area (TPSA) is 25.4 Å². The standard InChI is InChI=1S/C23H25ClN2O.ClH/c1-17-13-23(26-11-4-2-3-5-12-26)21-10-9-20(15-22(21)25-17)27-16-18-7-6-8-19(24)14-18;/h6-10,13-15H,2-5,11-12,16H2,1H3;1H. The number of rotatable bonds is 4. The molecule has 28 heavy (non-hydrogen) atoms. The average molecular weight is 417 g/mol.